The normalized spacial score (nSPS) is 9.29. The van der Waals surface area contributed by atoms with Crippen LogP contribution in [0.4, 0.5) is 0 Å². The van der Waals surface area contributed by atoms with Crippen LogP contribution in [0, 0.1) is 0 Å². The van der Waals surface area contributed by atoms with Crippen LogP contribution in [0.2, 0.25) is 0 Å². The first-order valence-electron chi connectivity index (χ1n) is 13.2. The molecule has 0 fully saturated rings. The summed E-state index contributed by atoms with van der Waals surface area (Å²) in [7, 11) is 0. The van der Waals surface area contributed by atoms with Crippen LogP contribution in [0.25, 0.3) is 16.0 Å². The molecule has 0 aliphatic rings. The molecule has 4 nitrogen and oxygen atoms in total. The van der Waals surface area contributed by atoms with Crippen molar-refractivity contribution in [1.82, 2.24) is 0 Å². The fourth-order valence-corrected chi connectivity index (χ4v) is 1.95. The van der Waals surface area contributed by atoms with E-state index in [9.17, 15) is 0 Å². The van der Waals surface area contributed by atoms with Crippen molar-refractivity contribution >= 4 is 0 Å². The number of hydrogen-bond donors (Lipinski definition) is 1. The first-order valence-corrected chi connectivity index (χ1v) is 13.2. The SMILES string of the molecule is CCCC[N-]CCCC.CCCC[N-]CCCC.CCCC[N-]CCCC.CCO.[Ti+3]. The fraction of sp³-hybridized carbons (Fsp3) is 1.00. The summed E-state index contributed by atoms with van der Waals surface area (Å²) in [5, 5.41) is 20.6. The molecule has 0 atom stereocenters. The maximum Gasteiger partial charge on any atom is 3.00 e. The van der Waals surface area contributed by atoms with Gasteiger partial charge in [0.1, 0.15) is 0 Å². The molecule has 1 radical (unpaired) electrons. The summed E-state index contributed by atoms with van der Waals surface area (Å²) >= 11 is 0. The first-order chi connectivity index (χ1) is 14.7. The maximum absolute atomic E-state index is 7.57. The van der Waals surface area contributed by atoms with Gasteiger partial charge in [-0.25, -0.2) is 0 Å². The largest absolute Gasteiger partial charge is 3.00 e. The summed E-state index contributed by atoms with van der Waals surface area (Å²) in [5.74, 6) is 0. The molecule has 31 heavy (non-hydrogen) atoms. The molecule has 0 spiro atoms. The maximum atomic E-state index is 7.57. The van der Waals surface area contributed by atoms with Crippen LogP contribution in [-0.4, -0.2) is 51.0 Å². The Bertz CT molecular complexity index is 172. The number of aliphatic hydroxyl groups is 1. The van der Waals surface area contributed by atoms with Crippen LogP contribution in [0.15, 0.2) is 0 Å². The topological polar surface area (TPSA) is 62.5 Å². The van der Waals surface area contributed by atoms with Crippen molar-refractivity contribution in [2.75, 3.05) is 45.9 Å². The first kappa shape index (κ1) is 41.8. The number of aliphatic hydroxyl groups excluding tert-OH is 1. The molecule has 189 valence electrons. The molecule has 0 heterocycles. The number of rotatable bonds is 18. The smallest absolute Gasteiger partial charge is 0.662 e. The Balaban J connectivity index is -0.000000101. The summed E-state index contributed by atoms with van der Waals surface area (Å²) in [5.41, 5.74) is 0. The Morgan fingerprint density at radius 2 is 0.516 bits per heavy atom. The zero-order valence-electron chi connectivity index (χ0n) is 22.7. The molecule has 0 aromatic carbocycles. The fourth-order valence-electron chi connectivity index (χ4n) is 1.95. The van der Waals surface area contributed by atoms with E-state index in [0.717, 1.165) is 39.3 Å². The van der Waals surface area contributed by atoms with E-state index in [-0.39, 0.29) is 28.3 Å². The van der Waals surface area contributed by atoms with Crippen LogP contribution >= 0.6 is 0 Å². The molecule has 5 heteroatoms. The van der Waals surface area contributed by atoms with Gasteiger partial charge in [0.05, 0.1) is 0 Å². The molecule has 0 unspecified atom stereocenters. The Kier molecular flexibility index (Phi) is 70.7. The Morgan fingerprint density at radius 3 is 0.613 bits per heavy atom. The van der Waals surface area contributed by atoms with Crippen LogP contribution in [0.5, 0.6) is 0 Å². The Hall–Kier alpha value is 0.554. The second kappa shape index (κ2) is 52.5. The van der Waals surface area contributed by atoms with E-state index in [4.69, 9.17) is 5.11 Å². The van der Waals surface area contributed by atoms with E-state index in [1.165, 1.54) is 77.0 Å². The molecule has 1 N–H and O–H groups in total. The molecule has 0 aliphatic carbocycles. The van der Waals surface area contributed by atoms with Gasteiger partial charge in [-0.15, -0.1) is 39.3 Å². The van der Waals surface area contributed by atoms with Gasteiger partial charge in [-0.05, 0) is 6.92 Å². The molecule has 0 bridgehead atoms. The summed E-state index contributed by atoms with van der Waals surface area (Å²) in [4.78, 5) is 0. The number of hydrogen-bond acceptors (Lipinski definition) is 1. The van der Waals surface area contributed by atoms with Crippen molar-refractivity contribution in [1.29, 1.82) is 0 Å². The number of nitrogens with zero attached hydrogens (tertiary/aromatic N) is 3. The molecule has 0 saturated heterocycles. The molecule has 0 amide bonds. The van der Waals surface area contributed by atoms with Crippen molar-refractivity contribution in [2.45, 2.75) is 126 Å². The standard InChI is InChI=1S/3C8H18N.C2H6O.Ti/c3*1-3-5-7-9-8-6-4-2;1-2-3;/h3*3-8H2,1-2H3;3H,2H2,1H3;/q3*-1;;+3. The van der Waals surface area contributed by atoms with Gasteiger partial charge in [-0.3, -0.25) is 0 Å². The van der Waals surface area contributed by atoms with Crippen molar-refractivity contribution < 1.29 is 26.8 Å². The summed E-state index contributed by atoms with van der Waals surface area (Å²) in [6, 6.07) is 0. The second-order valence-electron chi connectivity index (χ2n) is 7.45. The van der Waals surface area contributed by atoms with E-state index in [0.29, 0.717) is 0 Å². The minimum Gasteiger partial charge on any atom is -0.662 e. The molecular formula is C26H60N3OTi. The third-order valence-electron chi connectivity index (χ3n) is 4.02. The predicted octanol–water partition coefficient (Wildman–Crippen LogP) is 8.88. The molecular weight excluding hydrogens is 418 g/mol. The second-order valence-corrected chi connectivity index (χ2v) is 7.45. The van der Waals surface area contributed by atoms with E-state index in [1.54, 1.807) is 6.92 Å². The minimum absolute atomic E-state index is 0. The van der Waals surface area contributed by atoms with Crippen LogP contribution in [0.3, 0.4) is 0 Å². The third-order valence-corrected chi connectivity index (χ3v) is 4.02. The van der Waals surface area contributed by atoms with Gasteiger partial charge >= 0.3 is 21.7 Å². The zero-order valence-corrected chi connectivity index (χ0v) is 24.3. The van der Waals surface area contributed by atoms with E-state index < -0.39 is 0 Å². The van der Waals surface area contributed by atoms with Gasteiger partial charge in [-0.1, -0.05) is 119 Å². The summed E-state index contributed by atoms with van der Waals surface area (Å²) in [6.45, 7) is 21.6. The summed E-state index contributed by atoms with van der Waals surface area (Å²) < 4.78 is 0. The van der Waals surface area contributed by atoms with Gasteiger partial charge in [0.25, 0.3) is 0 Å². The minimum atomic E-state index is 0. The zero-order chi connectivity index (χ0) is 23.6. The average molecular weight is 479 g/mol. The van der Waals surface area contributed by atoms with Crippen molar-refractivity contribution in [3.05, 3.63) is 16.0 Å². The average Bonchev–Trinajstić information content (AvgIpc) is 2.75. The third kappa shape index (κ3) is 72.4. The van der Waals surface area contributed by atoms with Crippen molar-refractivity contribution in [3.63, 3.8) is 0 Å². The molecule has 0 aromatic rings. The van der Waals surface area contributed by atoms with E-state index >= 15 is 0 Å². The molecule has 0 saturated carbocycles. The van der Waals surface area contributed by atoms with Gasteiger partial charge < -0.3 is 21.1 Å². The number of unbranched alkanes of at least 4 members (excludes halogenated alkanes) is 6. The molecule has 0 aromatic heterocycles. The van der Waals surface area contributed by atoms with E-state index in [2.05, 4.69) is 57.5 Å². The van der Waals surface area contributed by atoms with E-state index in [1.807, 2.05) is 0 Å². The van der Waals surface area contributed by atoms with Crippen LogP contribution in [0.1, 0.15) is 126 Å². The van der Waals surface area contributed by atoms with Gasteiger partial charge in [0.2, 0.25) is 0 Å². The summed E-state index contributed by atoms with van der Waals surface area (Å²) in [6.07, 6.45) is 15.2. The molecule has 0 rings (SSSR count). The van der Waals surface area contributed by atoms with Gasteiger partial charge in [0, 0.05) is 6.61 Å². The van der Waals surface area contributed by atoms with Crippen molar-refractivity contribution in [3.8, 4) is 0 Å². The van der Waals surface area contributed by atoms with Gasteiger partial charge in [-0.2, -0.15) is 0 Å². The predicted molar refractivity (Wildman–Crippen MR) is 141 cm³/mol. The van der Waals surface area contributed by atoms with Crippen molar-refractivity contribution in [2.24, 2.45) is 0 Å². The molecule has 0 aliphatic heterocycles. The Labute approximate surface area is 213 Å². The monoisotopic (exact) mass is 478 g/mol. The van der Waals surface area contributed by atoms with Gasteiger partial charge in [0.15, 0.2) is 0 Å². The Morgan fingerprint density at radius 1 is 0.387 bits per heavy atom. The van der Waals surface area contributed by atoms with Crippen LogP contribution in [-0.2, 0) is 21.7 Å². The quantitative estimate of drug-likeness (QED) is 0.155. The van der Waals surface area contributed by atoms with Crippen LogP contribution < -0.4 is 0 Å².